The van der Waals surface area contributed by atoms with Crippen LogP contribution in [0.2, 0.25) is 0 Å². The Morgan fingerprint density at radius 1 is 1.33 bits per heavy atom. The predicted molar refractivity (Wildman–Crippen MR) is 73.9 cm³/mol. The van der Waals surface area contributed by atoms with Crippen LogP contribution >= 0.6 is 0 Å². The maximum atomic E-state index is 4.27. The fourth-order valence-electron chi connectivity index (χ4n) is 2.06. The molecule has 0 radical (unpaired) electrons. The van der Waals surface area contributed by atoms with Crippen LogP contribution in [0.3, 0.4) is 0 Å². The van der Waals surface area contributed by atoms with Gasteiger partial charge in [0.15, 0.2) is 0 Å². The van der Waals surface area contributed by atoms with Gasteiger partial charge < -0.3 is 10.6 Å². The molecule has 5 heteroatoms. The normalized spacial score (nSPS) is 17.1. The second-order valence-corrected chi connectivity index (χ2v) is 5.00. The number of anilines is 1. The highest BCUT2D eigenvalue weighted by Gasteiger charge is 2.08. The number of hydrogen-bond donors (Lipinski definition) is 2. The lowest BCUT2D eigenvalue weighted by atomic mass is 10.1. The molecule has 2 rings (SSSR count). The molecule has 1 aromatic heterocycles. The van der Waals surface area contributed by atoms with E-state index in [0.29, 0.717) is 5.92 Å². The Bertz CT molecular complexity index is 360. The Morgan fingerprint density at radius 2 is 2.11 bits per heavy atom. The summed E-state index contributed by atoms with van der Waals surface area (Å²) in [4.78, 5) is 11.0. The molecule has 0 bridgehead atoms. The smallest absolute Gasteiger partial charge is 0.129 e. The zero-order chi connectivity index (χ0) is 12.8. The number of piperazine rings is 1. The number of nitrogens with zero attached hydrogens (tertiary/aromatic N) is 3. The molecule has 0 unspecified atom stereocenters. The molecule has 0 aliphatic carbocycles. The van der Waals surface area contributed by atoms with Gasteiger partial charge in [0.25, 0.3) is 0 Å². The SMILES string of the molecule is CC(C)c1cc(NCCN2CCNCC2)ncn1. The third kappa shape index (κ3) is 3.92. The first-order chi connectivity index (χ1) is 8.75. The molecule has 0 aromatic carbocycles. The summed E-state index contributed by atoms with van der Waals surface area (Å²) < 4.78 is 0. The van der Waals surface area contributed by atoms with Crippen molar-refractivity contribution in [3.63, 3.8) is 0 Å². The Hall–Kier alpha value is -1.20. The van der Waals surface area contributed by atoms with Crippen LogP contribution in [-0.4, -0.2) is 54.1 Å². The van der Waals surface area contributed by atoms with Gasteiger partial charge >= 0.3 is 0 Å². The number of nitrogens with one attached hydrogen (secondary N) is 2. The lowest BCUT2D eigenvalue weighted by molar-refractivity contribution is 0.249. The van der Waals surface area contributed by atoms with Crippen molar-refractivity contribution in [1.29, 1.82) is 0 Å². The van der Waals surface area contributed by atoms with Crippen LogP contribution in [0, 0.1) is 0 Å². The molecule has 0 spiro atoms. The van der Waals surface area contributed by atoms with E-state index < -0.39 is 0 Å². The first-order valence-electron chi connectivity index (χ1n) is 6.74. The van der Waals surface area contributed by atoms with Crippen molar-refractivity contribution in [2.24, 2.45) is 0 Å². The highest BCUT2D eigenvalue weighted by atomic mass is 15.2. The monoisotopic (exact) mass is 249 g/mol. The lowest BCUT2D eigenvalue weighted by Gasteiger charge is -2.27. The van der Waals surface area contributed by atoms with Crippen molar-refractivity contribution >= 4 is 5.82 Å². The van der Waals surface area contributed by atoms with Gasteiger partial charge in [-0.3, -0.25) is 4.90 Å². The lowest BCUT2D eigenvalue weighted by Crippen LogP contribution is -2.45. The van der Waals surface area contributed by atoms with Crippen LogP contribution in [0.4, 0.5) is 5.82 Å². The van der Waals surface area contributed by atoms with Gasteiger partial charge in [-0.1, -0.05) is 13.8 Å². The van der Waals surface area contributed by atoms with Crippen molar-refractivity contribution < 1.29 is 0 Å². The number of rotatable bonds is 5. The Balaban J connectivity index is 1.77. The molecule has 100 valence electrons. The summed E-state index contributed by atoms with van der Waals surface area (Å²) in [6.45, 7) is 10.8. The van der Waals surface area contributed by atoms with Crippen LogP contribution in [0.5, 0.6) is 0 Å². The second-order valence-electron chi connectivity index (χ2n) is 5.00. The topological polar surface area (TPSA) is 53.1 Å². The predicted octanol–water partition coefficient (Wildman–Crippen LogP) is 0.917. The van der Waals surface area contributed by atoms with Gasteiger partial charge in [0.05, 0.1) is 0 Å². The minimum Gasteiger partial charge on any atom is -0.369 e. The van der Waals surface area contributed by atoms with Crippen LogP contribution in [0.15, 0.2) is 12.4 Å². The molecule has 1 aliphatic rings. The third-order valence-electron chi connectivity index (χ3n) is 3.22. The summed E-state index contributed by atoms with van der Waals surface area (Å²) in [6.07, 6.45) is 1.64. The minimum atomic E-state index is 0.446. The summed E-state index contributed by atoms with van der Waals surface area (Å²) in [5.74, 6) is 1.38. The van der Waals surface area contributed by atoms with E-state index in [1.165, 1.54) is 0 Å². The van der Waals surface area contributed by atoms with E-state index in [2.05, 4.69) is 39.3 Å². The average Bonchev–Trinajstić information content (AvgIpc) is 2.40. The Labute approximate surface area is 109 Å². The Kier molecular flexibility index (Phi) is 4.90. The van der Waals surface area contributed by atoms with Gasteiger partial charge in [-0.2, -0.15) is 0 Å². The molecule has 18 heavy (non-hydrogen) atoms. The molecule has 1 aromatic rings. The van der Waals surface area contributed by atoms with Gasteiger partial charge in [0, 0.05) is 51.0 Å². The van der Waals surface area contributed by atoms with Crippen LogP contribution in [-0.2, 0) is 0 Å². The average molecular weight is 249 g/mol. The third-order valence-corrected chi connectivity index (χ3v) is 3.22. The molecule has 1 fully saturated rings. The van der Waals surface area contributed by atoms with E-state index in [1.807, 2.05) is 6.07 Å². The van der Waals surface area contributed by atoms with Crippen molar-refractivity contribution in [2.75, 3.05) is 44.6 Å². The van der Waals surface area contributed by atoms with Gasteiger partial charge in [0.1, 0.15) is 12.1 Å². The van der Waals surface area contributed by atoms with Gasteiger partial charge in [-0.25, -0.2) is 9.97 Å². The van der Waals surface area contributed by atoms with E-state index >= 15 is 0 Å². The summed E-state index contributed by atoms with van der Waals surface area (Å²) >= 11 is 0. The van der Waals surface area contributed by atoms with E-state index in [0.717, 1.165) is 50.8 Å². The van der Waals surface area contributed by atoms with E-state index in [1.54, 1.807) is 6.33 Å². The van der Waals surface area contributed by atoms with Gasteiger partial charge in [-0.05, 0) is 5.92 Å². The molecule has 2 N–H and O–H groups in total. The van der Waals surface area contributed by atoms with Crippen LogP contribution in [0.1, 0.15) is 25.5 Å². The van der Waals surface area contributed by atoms with Crippen LogP contribution in [0.25, 0.3) is 0 Å². The molecule has 0 saturated carbocycles. The van der Waals surface area contributed by atoms with E-state index in [4.69, 9.17) is 0 Å². The second kappa shape index (κ2) is 6.66. The fraction of sp³-hybridized carbons (Fsp3) is 0.692. The molecular weight excluding hydrogens is 226 g/mol. The number of hydrogen-bond acceptors (Lipinski definition) is 5. The number of aromatic nitrogens is 2. The van der Waals surface area contributed by atoms with Crippen LogP contribution < -0.4 is 10.6 Å². The molecule has 0 atom stereocenters. The summed E-state index contributed by atoms with van der Waals surface area (Å²) in [6, 6.07) is 2.04. The van der Waals surface area contributed by atoms with Gasteiger partial charge in [-0.15, -0.1) is 0 Å². The zero-order valence-corrected chi connectivity index (χ0v) is 11.3. The summed E-state index contributed by atoms with van der Waals surface area (Å²) in [5.41, 5.74) is 1.09. The molecule has 0 amide bonds. The first kappa shape index (κ1) is 13.2. The largest absolute Gasteiger partial charge is 0.369 e. The quantitative estimate of drug-likeness (QED) is 0.812. The summed E-state index contributed by atoms with van der Waals surface area (Å²) in [5, 5.41) is 6.73. The van der Waals surface area contributed by atoms with Crippen molar-refractivity contribution in [3.05, 3.63) is 18.1 Å². The first-order valence-corrected chi connectivity index (χ1v) is 6.74. The maximum Gasteiger partial charge on any atom is 0.129 e. The minimum absolute atomic E-state index is 0.446. The Morgan fingerprint density at radius 3 is 2.83 bits per heavy atom. The van der Waals surface area contributed by atoms with Crippen molar-refractivity contribution in [1.82, 2.24) is 20.2 Å². The molecule has 2 heterocycles. The van der Waals surface area contributed by atoms with Crippen molar-refractivity contribution in [2.45, 2.75) is 19.8 Å². The summed E-state index contributed by atoms with van der Waals surface area (Å²) in [7, 11) is 0. The van der Waals surface area contributed by atoms with E-state index in [9.17, 15) is 0 Å². The molecule has 5 nitrogen and oxygen atoms in total. The molecular formula is C13H23N5. The highest BCUT2D eigenvalue weighted by molar-refractivity contribution is 5.35. The van der Waals surface area contributed by atoms with Gasteiger partial charge in [0.2, 0.25) is 0 Å². The standard InChI is InChI=1S/C13H23N5/c1-11(2)12-9-13(17-10-16-12)15-5-8-18-6-3-14-4-7-18/h9-11,14H,3-8H2,1-2H3,(H,15,16,17). The highest BCUT2D eigenvalue weighted by Crippen LogP contribution is 2.13. The zero-order valence-electron chi connectivity index (χ0n) is 11.3. The molecule has 1 aliphatic heterocycles. The van der Waals surface area contributed by atoms with E-state index in [-0.39, 0.29) is 0 Å². The maximum absolute atomic E-state index is 4.27. The molecule has 1 saturated heterocycles. The fourth-order valence-corrected chi connectivity index (χ4v) is 2.06. The van der Waals surface area contributed by atoms with Crippen molar-refractivity contribution in [3.8, 4) is 0 Å².